The van der Waals surface area contributed by atoms with Crippen LogP contribution in [0.25, 0.3) is 22.3 Å². The number of rotatable bonds is 5. The summed E-state index contributed by atoms with van der Waals surface area (Å²) in [4.78, 5) is 31.5. The normalized spacial score (nSPS) is 25.7. The van der Waals surface area contributed by atoms with Crippen LogP contribution >= 0.6 is 0 Å². The standard InChI is InChI=1S/C34H42N8O/c1-22(2)41-21-37-29-17-28(38-32(31(29)41)40-19-23(18-35)20-40)24-6-7-27-30(14-24)42(33(43)34(27)8-10-36-11-9-34)26-15-25(16-26)39-12-4-3-5-13-39/h6-7,14,17,21-23,25-26,36H,3-5,8-13,15-16,19-20H2,1-2H3. The number of hydrogen-bond donors (Lipinski definition) is 1. The lowest BCUT2D eigenvalue weighted by Gasteiger charge is -2.48. The predicted molar refractivity (Wildman–Crippen MR) is 168 cm³/mol. The molecule has 8 rings (SSSR count). The Morgan fingerprint density at radius 3 is 2.53 bits per heavy atom. The highest BCUT2D eigenvalue weighted by Gasteiger charge is 2.54. The summed E-state index contributed by atoms with van der Waals surface area (Å²) < 4.78 is 2.18. The molecule has 6 heterocycles. The number of benzene rings is 1. The maximum atomic E-state index is 14.4. The van der Waals surface area contributed by atoms with Crippen molar-refractivity contribution >= 4 is 28.4 Å². The van der Waals surface area contributed by atoms with Crippen LogP contribution < -0.4 is 15.1 Å². The third-order valence-corrected chi connectivity index (χ3v) is 11.0. The van der Waals surface area contributed by atoms with E-state index in [1.165, 1.54) is 37.9 Å². The molecule has 0 radical (unpaired) electrons. The van der Waals surface area contributed by atoms with Crippen molar-refractivity contribution in [1.29, 1.82) is 5.26 Å². The van der Waals surface area contributed by atoms with E-state index in [0.717, 1.165) is 72.6 Å². The molecule has 43 heavy (non-hydrogen) atoms. The lowest BCUT2D eigenvalue weighted by Crippen LogP contribution is -2.58. The molecule has 2 aromatic heterocycles. The second-order valence-corrected chi connectivity index (χ2v) is 13.8. The van der Waals surface area contributed by atoms with Crippen molar-refractivity contribution < 1.29 is 4.79 Å². The number of piperidine rings is 2. The molecule has 4 aliphatic heterocycles. The molecule has 3 saturated heterocycles. The van der Waals surface area contributed by atoms with Gasteiger partial charge in [0.1, 0.15) is 5.52 Å². The molecule has 0 bridgehead atoms. The number of carbonyl (C=O) groups excluding carboxylic acids is 1. The van der Waals surface area contributed by atoms with E-state index in [1.54, 1.807) is 0 Å². The third-order valence-electron chi connectivity index (χ3n) is 11.0. The zero-order valence-electron chi connectivity index (χ0n) is 25.4. The summed E-state index contributed by atoms with van der Waals surface area (Å²) in [7, 11) is 0. The fourth-order valence-electron chi connectivity index (χ4n) is 8.33. The van der Waals surface area contributed by atoms with Crippen molar-refractivity contribution in [2.75, 3.05) is 49.1 Å². The first kappa shape index (κ1) is 27.1. The number of fused-ring (bicyclic) bond motifs is 3. The molecule has 1 aromatic carbocycles. The van der Waals surface area contributed by atoms with Crippen LogP contribution in [0.4, 0.5) is 11.5 Å². The number of nitrogens with one attached hydrogen (secondary N) is 1. The molecule has 0 atom stereocenters. The molecule has 1 N–H and O–H groups in total. The highest BCUT2D eigenvalue weighted by atomic mass is 16.2. The first-order chi connectivity index (χ1) is 21.0. The fraction of sp³-hybridized carbons (Fsp3) is 0.588. The number of nitrogens with zero attached hydrogens (tertiary/aromatic N) is 7. The summed E-state index contributed by atoms with van der Waals surface area (Å²) in [6, 6.07) is 12.2. The number of likely N-dealkylation sites (tertiary alicyclic amines) is 1. The van der Waals surface area contributed by atoms with E-state index in [2.05, 4.69) is 68.8 Å². The summed E-state index contributed by atoms with van der Waals surface area (Å²) in [5, 5.41) is 12.9. The van der Waals surface area contributed by atoms with Crippen molar-refractivity contribution in [3.63, 3.8) is 0 Å². The Morgan fingerprint density at radius 2 is 1.81 bits per heavy atom. The summed E-state index contributed by atoms with van der Waals surface area (Å²) >= 11 is 0. The topological polar surface area (TPSA) is 93.3 Å². The quantitative estimate of drug-likeness (QED) is 0.472. The average Bonchev–Trinajstić information content (AvgIpc) is 3.51. The number of amides is 1. The Hall–Kier alpha value is -3.48. The average molecular weight is 579 g/mol. The predicted octanol–water partition coefficient (Wildman–Crippen LogP) is 4.62. The van der Waals surface area contributed by atoms with Gasteiger partial charge in [0, 0.05) is 42.5 Å². The maximum Gasteiger partial charge on any atom is 0.238 e. The number of hydrogen-bond acceptors (Lipinski definition) is 7. The van der Waals surface area contributed by atoms with Gasteiger partial charge in [-0.05, 0) is 96.2 Å². The van der Waals surface area contributed by atoms with Crippen molar-refractivity contribution in [1.82, 2.24) is 24.8 Å². The summed E-state index contributed by atoms with van der Waals surface area (Å²) in [6.45, 7) is 9.86. The van der Waals surface area contributed by atoms with E-state index in [-0.39, 0.29) is 18.0 Å². The molecule has 1 saturated carbocycles. The van der Waals surface area contributed by atoms with E-state index in [4.69, 9.17) is 9.97 Å². The van der Waals surface area contributed by atoms with Crippen molar-refractivity contribution in [3.05, 3.63) is 36.2 Å². The molecule has 5 aliphatic rings. The van der Waals surface area contributed by atoms with Gasteiger partial charge in [0.25, 0.3) is 0 Å². The van der Waals surface area contributed by atoms with E-state index in [0.29, 0.717) is 25.0 Å². The Balaban J connectivity index is 1.18. The van der Waals surface area contributed by atoms with E-state index in [1.807, 2.05) is 6.33 Å². The molecule has 1 aliphatic carbocycles. The minimum atomic E-state index is -0.419. The van der Waals surface area contributed by atoms with Gasteiger partial charge in [-0.15, -0.1) is 0 Å². The van der Waals surface area contributed by atoms with Gasteiger partial charge in [0.2, 0.25) is 5.91 Å². The number of nitriles is 1. The summed E-state index contributed by atoms with van der Waals surface area (Å²) in [5.41, 5.74) is 5.72. The van der Waals surface area contributed by atoms with Gasteiger partial charge in [-0.1, -0.05) is 18.6 Å². The number of aromatic nitrogens is 3. The number of anilines is 2. The lowest BCUT2D eigenvalue weighted by atomic mass is 9.74. The third kappa shape index (κ3) is 4.21. The first-order valence-corrected chi connectivity index (χ1v) is 16.4. The molecule has 0 unspecified atom stereocenters. The Labute approximate surface area is 253 Å². The molecule has 9 heteroatoms. The second-order valence-electron chi connectivity index (χ2n) is 13.8. The zero-order valence-corrected chi connectivity index (χ0v) is 25.4. The monoisotopic (exact) mass is 578 g/mol. The molecule has 224 valence electrons. The van der Waals surface area contributed by atoms with E-state index >= 15 is 0 Å². The van der Waals surface area contributed by atoms with Gasteiger partial charge in [-0.25, -0.2) is 9.97 Å². The minimum absolute atomic E-state index is 0.0351. The summed E-state index contributed by atoms with van der Waals surface area (Å²) in [6.07, 6.45) is 9.70. The van der Waals surface area contributed by atoms with Crippen LogP contribution in [0.2, 0.25) is 0 Å². The highest BCUT2D eigenvalue weighted by Crippen LogP contribution is 2.51. The molecule has 3 aromatic rings. The van der Waals surface area contributed by atoms with Gasteiger partial charge < -0.3 is 24.6 Å². The second kappa shape index (κ2) is 10.3. The van der Waals surface area contributed by atoms with Crippen LogP contribution in [-0.4, -0.2) is 76.7 Å². The van der Waals surface area contributed by atoms with Crippen LogP contribution in [0, 0.1) is 17.2 Å². The van der Waals surface area contributed by atoms with Gasteiger partial charge in [-0.3, -0.25) is 4.79 Å². The van der Waals surface area contributed by atoms with Crippen molar-refractivity contribution in [3.8, 4) is 17.3 Å². The smallest absolute Gasteiger partial charge is 0.238 e. The zero-order chi connectivity index (χ0) is 29.3. The van der Waals surface area contributed by atoms with Gasteiger partial charge >= 0.3 is 0 Å². The molecular weight excluding hydrogens is 536 g/mol. The Morgan fingerprint density at radius 1 is 1.05 bits per heavy atom. The van der Waals surface area contributed by atoms with E-state index < -0.39 is 5.41 Å². The molecule has 4 fully saturated rings. The summed E-state index contributed by atoms with van der Waals surface area (Å²) in [5.74, 6) is 1.25. The molecule has 1 amide bonds. The van der Waals surface area contributed by atoms with Gasteiger partial charge in [-0.2, -0.15) is 5.26 Å². The number of carbonyl (C=O) groups is 1. The first-order valence-electron chi connectivity index (χ1n) is 16.4. The largest absolute Gasteiger partial charge is 0.352 e. The Bertz CT molecular complexity index is 1600. The lowest BCUT2D eigenvalue weighted by molar-refractivity contribution is -0.125. The fourth-order valence-corrected chi connectivity index (χ4v) is 8.33. The highest BCUT2D eigenvalue weighted by molar-refractivity contribution is 6.09. The van der Waals surface area contributed by atoms with Gasteiger partial charge in [0.05, 0.1) is 34.9 Å². The van der Waals surface area contributed by atoms with Crippen LogP contribution in [0.15, 0.2) is 30.6 Å². The van der Waals surface area contributed by atoms with Crippen LogP contribution in [0.3, 0.4) is 0 Å². The molecule has 9 nitrogen and oxygen atoms in total. The van der Waals surface area contributed by atoms with Crippen molar-refractivity contribution in [2.45, 2.75) is 82.3 Å². The van der Waals surface area contributed by atoms with Gasteiger partial charge in [0.15, 0.2) is 5.82 Å². The van der Waals surface area contributed by atoms with Crippen molar-refractivity contribution in [2.24, 2.45) is 5.92 Å². The molecular formula is C34H42N8O. The van der Waals surface area contributed by atoms with Crippen LogP contribution in [0.1, 0.15) is 70.4 Å². The minimum Gasteiger partial charge on any atom is -0.352 e. The van der Waals surface area contributed by atoms with Crippen LogP contribution in [0.5, 0.6) is 0 Å². The van der Waals surface area contributed by atoms with Crippen LogP contribution in [-0.2, 0) is 10.2 Å². The van der Waals surface area contributed by atoms with E-state index in [9.17, 15) is 10.1 Å². The Kier molecular flexibility index (Phi) is 6.50. The SMILES string of the molecule is CC(C)n1cnc2cc(-c3ccc4c(c3)N(C3CC(N5CCCCC5)C3)C(=O)C43CCNCC3)nc(N3CC(C#N)C3)c21. The number of imidazole rings is 1. The molecule has 1 spiro atoms. The maximum absolute atomic E-state index is 14.4. The number of pyridine rings is 1.